The van der Waals surface area contributed by atoms with Gasteiger partial charge in [-0.05, 0) is 48.8 Å². The zero-order chi connectivity index (χ0) is 17.5. The Kier molecular flexibility index (Phi) is 6.21. The van der Waals surface area contributed by atoms with Gasteiger partial charge in [0.05, 0.1) is 0 Å². The fraction of sp³-hybridized carbons (Fsp3) is 0.304. The SMILES string of the molecule is CC(CCNCc1ccccc1)N(C)Cc1cccc2ccccc12. The molecule has 1 N–H and O–H groups in total. The van der Waals surface area contributed by atoms with Gasteiger partial charge in [-0.1, -0.05) is 72.8 Å². The molecule has 0 aliphatic heterocycles. The quantitative estimate of drug-likeness (QED) is 0.594. The lowest BCUT2D eigenvalue weighted by atomic mass is 10.0. The summed E-state index contributed by atoms with van der Waals surface area (Å²) < 4.78 is 0. The second-order valence-electron chi connectivity index (χ2n) is 6.85. The maximum Gasteiger partial charge on any atom is 0.0239 e. The molecule has 3 aromatic rings. The Bertz CT molecular complexity index is 777. The van der Waals surface area contributed by atoms with E-state index in [9.17, 15) is 0 Å². The molecule has 130 valence electrons. The van der Waals surface area contributed by atoms with Gasteiger partial charge in [-0.15, -0.1) is 0 Å². The molecular weight excluding hydrogens is 304 g/mol. The van der Waals surface area contributed by atoms with Gasteiger partial charge in [0, 0.05) is 19.1 Å². The molecule has 3 aromatic carbocycles. The fourth-order valence-corrected chi connectivity index (χ4v) is 3.21. The van der Waals surface area contributed by atoms with Gasteiger partial charge in [-0.25, -0.2) is 0 Å². The molecule has 0 bridgehead atoms. The molecule has 0 amide bonds. The molecule has 3 rings (SSSR count). The van der Waals surface area contributed by atoms with Crippen LogP contribution in [0.5, 0.6) is 0 Å². The second-order valence-corrected chi connectivity index (χ2v) is 6.85. The van der Waals surface area contributed by atoms with Crippen LogP contribution in [0.3, 0.4) is 0 Å². The molecule has 1 atom stereocenters. The van der Waals surface area contributed by atoms with E-state index in [2.05, 4.69) is 97.0 Å². The standard InChI is InChI=1S/C23H28N2/c1-19(15-16-24-17-20-9-4-3-5-10-20)25(2)18-22-13-8-12-21-11-6-7-14-23(21)22/h3-14,19,24H,15-18H2,1-2H3. The van der Waals surface area contributed by atoms with E-state index in [0.29, 0.717) is 6.04 Å². The summed E-state index contributed by atoms with van der Waals surface area (Å²) in [5, 5.41) is 6.25. The molecule has 1 unspecified atom stereocenters. The summed E-state index contributed by atoms with van der Waals surface area (Å²) in [5.41, 5.74) is 2.75. The van der Waals surface area contributed by atoms with Crippen LogP contribution in [-0.4, -0.2) is 24.5 Å². The molecule has 0 radical (unpaired) electrons. The van der Waals surface area contributed by atoms with E-state index in [1.165, 1.54) is 21.9 Å². The third-order valence-electron chi connectivity index (χ3n) is 4.96. The van der Waals surface area contributed by atoms with Gasteiger partial charge >= 0.3 is 0 Å². The Labute approximate surface area is 151 Å². The predicted molar refractivity (Wildman–Crippen MR) is 108 cm³/mol. The van der Waals surface area contributed by atoms with Gasteiger partial charge in [-0.2, -0.15) is 0 Å². The van der Waals surface area contributed by atoms with Crippen molar-refractivity contribution in [2.75, 3.05) is 13.6 Å². The van der Waals surface area contributed by atoms with E-state index < -0.39 is 0 Å². The summed E-state index contributed by atoms with van der Waals surface area (Å²) in [4.78, 5) is 2.45. The predicted octanol–water partition coefficient (Wildman–Crippen LogP) is 4.84. The first kappa shape index (κ1) is 17.7. The smallest absolute Gasteiger partial charge is 0.0239 e. The number of hydrogen-bond donors (Lipinski definition) is 1. The Hall–Kier alpha value is -2.16. The highest BCUT2D eigenvalue weighted by atomic mass is 15.1. The highest BCUT2D eigenvalue weighted by molar-refractivity contribution is 5.85. The number of fused-ring (bicyclic) bond motifs is 1. The minimum atomic E-state index is 0.544. The summed E-state index contributed by atoms with van der Waals surface area (Å²) >= 11 is 0. The number of nitrogens with one attached hydrogen (secondary N) is 1. The lowest BCUT2D eigenvalue weighted by molar-refractivity contribution is 0.237. The van der Waals surface area contributed by atoms with Gasteiger partial charge in [0.2, 0.25) is 0 Å². The highest BCUT2D eigenvalue weighted by Gasteiger charge is 2.11. The number of hydrogen-bond acceptors (Lipinski definition) is 2. The minimum Gasteiger partial charge on any atom is -0.313 e. The average Bonchev–Trinajstić information content (AvgIpc) is 2.66. The van der Waals surface area contributed by atoms with Crippen LogP contribution in [0.1, 0.15) is 24.5 Å². The number of benzene rings is 3. The topological polar surface area (TPSA) is 15.3 Å². The molecule has 0 aliphatic carbocycles. The first-order valence-corrected chi connectivity index (χ1v) is 9.15. The molecule has 25 heavy (non-hydrogen) atoms. The Balaban J connectivity index is 1.49. The molecule has 0 heterocycles. The fourth-order valence-electron chi connectivity index (χ4n) is 3.21. The third-order valence-corrected chi connectivity index (χ3v) is 4.96. The van der Waals surface area contributed by atoms with Crippen molar-refractivity contribution in [1.82, 2.24) is 10.2 Å². The molecule has 0 fully saturated rings. The number of nitrogens with zero attached hydrogens (tertiary/aromatic N) is 1. The van der Waals surface area contributed by atoms with Crippen molar-refractivity contribution in [3.05, 3.63) is 83.9 Å². The van der Waals surface area contributed by atoms with Crippen LogP contribution in [0.25, 0.3) is 10.8 Å². The van der Waals surface area contributed by atoms with Gasteiger partial charge < -0.3 is 5.32 Å². The monoisotopic (exact) mass is 332 g/mol. The zero-order valence-electron chi connectivity index (χ0n) is 15.3. The van der Waals surface area contributed by atoms with Crippen molar-refractivity contribution in [1.29, 1.82) is 0 Å². The van der Waals surface area contributed by atoms with Crippen molar-refractivity contribution in [3.63, 3.8) is 0 Å². The second kappa shape index (κ2) is 8.80. The Morgan fingerprint density at radius 2 is 1.60 bits per heavy atom. The van der Waals surface area contributed by atoms with Crippen LogP contribution >= 0.6 is 0 Å². The van der Waals surface area contributed by atoms with Gasteiger partial charge in [0.25, 0.3) is 0 Å². The molecule has 2 nitrogen and oxygen atoms in total. The summed E-state index contributed by atoms with van der Waals surface area (Å²) in [6, 6.07) is 26.4. The molecule has 0 aromatic heterocycles. The zero-order valence-corrected chi connectivity index (χ0v) is 15.3. The third kappa shape index (κ3) is 4.91. The molecular formula is C23H28N2. The Morgan fingerprint density at radius 1 is 0.880 bits per heavy atom. The van der Waals surface area contributed by atoms with Crippen molar-refractivity contribution in [2.45, 2.75) is 32.5 Å². The normalized spacial score (nSPS) is 12.6. The Morgan fingerprint density at radius 3 is 2.44 bits per heavy atom. The average molecular weight is 332 g/mol. The summed E-state index contributed by atoms with van der Waals surface area (Å²) in [6.07, 6.45) is 1.15. The molecule has 2 heteroatoms. The van der Waals surface area contributed by atoms with Gasteiger partial charge in [0.15, 0.2) is 0 Å². The van der Waals surface area contributed by atoms with E-state index in [4.69, 9.17) is 0 Å². The first-order chi connectivity index (χ1) is 12.2. The summed E-state index contributed by atoms with van der Waals surface area (Å²) in [5.74, 6) is 0. The van der Waals surface area contributed by atoms with E-state index in [1.807, 2.05) is 0 Å². The van der Waals surface area contributed by atoms with E-state index in [1.54, 1.807) is 0 Å². The lowest BCUT2D eigenvalue weighted by Crippen LogP contribution is -2.31. The van der Waals surface area contributed by atoms with Gasteiger partial charge in [-0.3, -0.25) is 4.90 Å². The number of rotatable bonds is 8. The van der Waals surface area contributed by atoms with Crippen molar-refractivity contribution in [3.8, 4) is 0 Å². The van der Waals surface area contributed by atoms with Crippen LogP contribution in [-0.2, 0) is 13.1 Å². The first-order valence-electron chi connectivity index (χ1n) is 9.15. The maximum absolute atomic E-state index is 3.55. The maximum atomic E-state index is 3.55. The van der Waals surface area contributed by atoms with Crippen molar-refractivity contribution in [2.24, 2.45) is 0 Å². The van der Waals surface area contributed by atoms with Crippen LogP contribution in [0.2, 0.25) is 0 Å². The van der Waals surface area contributed by atoms with Gasteiger partial charge in [0.1, 0.15) is 0 Å². The largest absolute Gasteiger partial charge is 0.313 e. The summed E-state index contributed by atoms with van der Waals surface area (Å²) in [6.45, 7) is 5.28. The lowest BCUT2D eigenvalue weighted by Gasteiger charge is -2.25. The van der Waals surface area contributed by atoms with E-state index >= 15 is 0 Å². The van der Waals surface area contributed by atoms with E-state index in [0.717, 1.165) is 26.1 Å². The van der Waals surface area contributed by atoms with Crippen LogP contribution in [0, 0.1) is 0 Å². The van der Waals surface area contributed by atoms with Crippen LogP contribution in [0.4, 0.5) is 0 Å². The van der Waals surface area contributed by atoms with Crippen molar-refractivity contribution >= 4 is 10.8 Å². The molecule has 0 saturated heterocycles. The molecule has 0 aliphatic rings. The minimum absolute atomic E-state index is 0.544. The molecule has 0 saturated carbocycles. The van der Waals surface area contributed by atoms with Crippen molar-refractivity contribution < 1.29 is 0 Å². The van der Waals surface area contributed by atoms with Crippen LogP contribution in [0.15, 0.2) is 72.8 Å². The molecule has 0 spiro atoms. The van der Waals surface area contributed by atoms with Crippen LogP contribution < -0.4 is 5.32 Å². The summed E-state index contributed by atoms with van der Waals surface area (Å²) in [7, 11) is 2.23. The highest BCUT2D eigenvalue weighted by Crippen LogP contribution is 2.20. The van der Waals surface area contributed by atoms with E-state index in [-0.39, 0.29) is 0 Å².